The highest BCUT2D eigenvalue weighted by Crippen LogP contribution is 2.36. The molecule has 3 rings (SSSR count). The lowest BCUT2D eigenvalue weighted by Gasteiger charge is -2.17. The fraction of sp³-hybridized carbons (Fsp3) is 0.412. The lowest BCUT2D eigenvalue weighted by Crippen LogP contribution is -2.16. The Bertz CT molecular complexity index is 946. The SMILES string of the molecule is Cc1ccc(C(=O)c2cnn(C)c2O)c(Cl)c1N=S1(=O)CCCCC1. The van der Waals surface area contributed by atoms with Crippen molar-refractivity contribution in [3.63, 3.8) is 0 Å². The molecule has 2 aromatic rings. The maximum Gasteiger partial charge on any atom is 0.220 e. The lowest BCUT2D eigenvalue weighted by molar-refractivity contribution is 0.103. The van der Waals surface area contributed by atoms with Crippen LogP contribution in [0.1, 0.15) is 40.7 Å². The summed E-state index contributed by atoms with van der Waals surface area (Å²) in [6.07, 6.45) is 4.15. The molecule has 0 amide bonds. The van der Waals surface area contributed by atoms with Gasteiger partial charge in [-0.25, -0.2) is 8.89 Å². The number of carbonyl (C=O) groups excluding carboxylic acids is 1. The number of hydrogen-bond acceptors (Lipinski definition) is 5. The molecule has 6 nitrogen and oxygen atoms in total. The largest absolute Gasteiger partial charge is 0.493 e. The van der Waals surface area contributed by atoms with Crippen molar-refractivity contribution in [1.29, 1.82) is 0 Å². The molecular formula is C17H20ClN3O3S. The molecule has 0 unspecified atom stereocenters. The maximum absolute atomic E-state index is 12.9. The van der Waals surface area contributed by atoms with E-state index in [0.29, 0.717) is 17.2 Å². The number of benzene rings is 1. The second-order valence-electron chi connectivity index (χ2n) is 6.26. The van der Waals surface area contributed by atoms with Crippen LogP contribution in [0.15, 0.2) is 22.7 Å². The molecule has 0 saturated carbocycles. The first-order valence-corrected chi connectivity index (χ1v) is 10.3. The minimum atomic E-state index is -2.34. The van der Waals surface area contributed by atoms with Crippen molar-refractivity contribution in [1.82, 2.24) is 9.78 Å². The Hall–Kier alpha value is -1.86. The molecule has 1 aromatic heterocycles. The summed E-state index contributed by atoms with van der Waals surface area (Å²) in [4.78, 5) is 12.7. The average molecular weight is 382 g/mol. The van der Waals surface area contributed by atoms with Gasteiger partial charge in [0.1, 0.15) is 5.56 Å². The Kier molecular flexibility index (Phi) is 4.88. The van der Waals surface area contributed by atoms with Crippen molar-refractivity contribution >= 4 is 32.8 Å². The van der Waals surface area contributed by atoms with E-state index in [1.807, 2.05) is 6.92 Å². The molecule has 2 heterocycles. The van der Waals surface area contributed by atoms with Gasteiger partial charge >= 0.3 is 0 Å². The summed E-state index contributed by atoms with van der Waals surface area (Å²) >= 11 is 6.45. The van der Waals surface area contributed by atoms with E-state index < -0.39 is 15.5 Å². The molecular weight excluding hydrogens is 362 g/mol. The number of nitrogens with zero attached hydrogens (tertiary/aromatic N) is 3. The summed E-state index contributed by atoms with van der Waals surface area (Å²) in [7, 11) is -0.797. The van der Waals surface area contributed by atoms with E-state index in [1.165, 1.54) is 17.9 Å². The fourth-order valence-electron chi connectivity index (χ4n) is 2.88. The van der Waals surface area contributed by atoms with E-state index in [9.17, 15) is 14.1 Å². The third-order valence-electron chi connectivity index (χ3n) is 4.40. The van der Waals surface area contributed by atoms with E-state index in [2.05, 4.69) is 9.46 Å². The third kappa shape index (κ3) is 3.43. The van der Waals surface area contributed by atoms with Crippen molar-refractivity contribution in [2.24, 2.45) is 11.4 Å². The third-order valence-corrected chi connectivity index (χ3v) is 7.15. The minimum Gasteiger partial charge on any atom is -0.493 e. The van der Waals surface area contributed by atoms with Crippen molar-refractivity contribution in [3.05, 3.63) is 40.0 Å². The van der Waals surface area contributed by atoms with E-state index in [0.717, 1.165) is 24.8 Å². The Morgan fingerprint density at radius 1 is 1.28 bits per heavy atom. The van der Waals surface area contributed by atoms with Gasteiger partial charge in [-0.1, -0.05) is 24.1 Å². The van der Waals surface area contributed by atoms with Crippen LogP contribution in [0.3, 0.4) is 0 Å². The molecule has 25 heavy (non-hydrogen) atoms. The second kappa shape index (κ2) is 6.80. The van der Waals surface area contributed by atoms with Crippen molar-refractivity contribution in [2.45, 2.75) is 26.2 Å². The number of aryl methyl sites for hydroxylation is 2. The quantitative estimate of drug-likeness (QED) is 0.823. The molecule has 0 atom stereocenters. The van der Waals surface area contributed by atoms with Crippen LogP contribution in [-0.4, -0.2) is 36.4 Å². The number of carbonyl (C=O) groups is 1. The fourth-order valence-corrected chi connectivity index (χ4v) is 5.53. The summed E-state index contributed by atoms with van der Waals surface area (Å²) in [5.74, 6) is 0.457. The van der Waals surface area contributed by atoms with E-state index in [4.69, 9.17) is 11.6 Å². The van der Waals surface area contributed by atoms with E-state index in [1.54, 1.807) is 12.1 Å². The Labute approximate surface area is 152 Å². The highest BCUT2D eigenvalue weighted by atomic mass is 35.5. The monoisotopic (exact) mass is 381 g/mol. The summed E-state index contributed by atoms with van der Waals surface area (Å²) in [5.41, 5.74) is 1.46. The molecule has 0 radical (unpaired) electrons. The van der Waals surface area contributed by atoms with Gasteiger partial charge in [-0.15, -0.1) is 0 Å². The average Bonchev–Trinajstić information content (AvgIpc) is 2.91. The summed E-state index contributed by atoms with van der Waals surface area (Å²) < 4.78 is 18.6. The first-order chi connectivity index (χ1) is 11.8. The molecule has 1 aliphatic rings. The number of hydrogen-bond donors (Lipinski definition) is 1. The zero-order valence-electron chi connectivity index (χ0n) is 14.2. The molecule has 0 bridgehead atoms. The van der Waals surface area contributed by atoms with Crippen LogP contribution < -0.4 is 0 Å². The molecule has 1 aromatic carbocycles. The topological polar surface area (TPSA) is 84.6 Å². The van der Waals surface area contributed by atoms with Crippen LogP contribution in [-0.2, 0) is 16.8 Å². The molecule has 134 valence electrons. The normalized spacial score (nSPS) is 16.6. The summed E-state index contributed by atoms with van der Waals surface area (Å²) in [5, 5.41) is 14.0. The predicted octanol–water partition coefficient (Wildman–Crippen LogP) is 3.60. The Morgan fingerprint density at radius 3 is 2.56 bits per heavy atom. The summed E-state index contributed by atoms with van der Waals surface area (Å²) in [6.45, 7) is 1.83. The van der Waals surface area contributed by atoms with Crippen LogP contribution in [0, 0.1) is 6.92 Å². The van der Waals surface area contributed by atoms with Crippen LogP contribution >= 0.6 is 11.6 Å². The van der Waals surface area contributed by atoms with Crippen molar-refractivity contribution < 1.29 is 14.1 Å². The molecule has 1 fully saturated rings. The molecule has 0 spiro atoms. The predicted molar refractivity (Wildman–Crippen MR) is 98.3 cm³/mol. The van der Waals surface area contributed by atoms with Gasteiger partial charge in [-0.3, -0.25) is 4.79 Å². The maximum atomic E-state index is 12.9. The van der Waals surface area contributed by atoms with Gasteiger partial charge in [0, 0.05) is 24.1 Å². The van der Waals surface area contributed by atoms with Gasteiger partial charge in [-0.2, -0.15) is 9.46 Å². The molecule has 8 heteroatoms. The lowest BCUT2D eigenvalue weighted by atomic mass is 10.0. The molecule has 0 aliphatic carbocycles. The molecule has 1 aliphatic heterocycles. The van der Waals surface area contributed by atoms with E-state index in [-0.39, 0.29) is 22.0 Å². The standard InChI is InChI=1S/C17H20ClN3O3S/c1-11-6-7-12(16(22)13-10-19-21(2)17(13)23)14(18)15(11)20-25(24)8-4-3-5-9-25/h6-7,10,23H,3-5,8-9H2,1-2H3. The Balaban J connectivity index is 2.09. The van der Waals surface area contributed by atoms with Crippen LogP contribution in [0.4, 0.5) is 5.69 Å². The summed E-state index contributed by atoms with van der Waals surface area (Å²) in [6, 6.07) is 3.33. The van der Waals surface area contributed by atoms with Gasteiger partial charge in [0.25, 0.3) is 0 Å². The highest BCUT2D eigenvalue weighted by molar-refractivity contribution is 7.93. The van der Waals surface area contributed by atoms with Gasteiger partial charge in [0.2, 0.25) is 11.7 Å². The van der Waals surface area contributed by atoms with Gasteiger partial charge in [0.05, 0.1) is 26.6 Å². The molecule has 1 N–H and O–H groups in total. The van der Waals surface area contributed by atoms with Crippen molar-refractivity contribution in [2.75, 3.05) is 11.5 Å². The highest BCUT2D eigenvalue weighted by Gasteiger charge is 2.23. The van der Waals surface area contributed by atoms with Gasteiger partial charge in [0.15, 0.2) is 0 Å². The van der Waals surface area contributed by atoms with Crippen LogP contribution in [0.5, 0.6) is 5.88 Å². The number of ketones is 1. The first-order valence-electron chi connectivity index (χ1n) is 8.10. The number of aromatic hydroxyl groups is 1. The van der Waals surface area contributed by atoms with Crippen LogP contribution in [0.2, 0.25) is 5.02 Å². The number of halogens is 1. The smallest absolute Gasteiger partial charge is 0.220 e. The Morgan fingerprint density at radius 2 is 1.96 bits per heavy atom. The number of aromatic nitrogens is 2. The van der Waals surface area contributed by atoms with E-state index >= 15 is 0 Å². The number of rotatable bonds is 3. The van der Waals surface area contributed by atoms with Crippen LogP contribution in [0.25, 0.3) is 0 Å². The zero-order valence-corrected chi connectivity index (χ0v) is 15.7. The minimum absolute atomic E-state index is 0.0704. The van der Waals surface area contributed by atoms with Crippen molar-refractivity contribution in [3.8, 4) is 5.88 Å². The molecule has 1 saturated heterocycles. The van der Waals surface area contributed by atoms with Gasteiger partial charge in [-0.05, 0) is 31.4 Å². The first kappa shape index (κ1) is 17.9. The second-order valence-corrected chi connectivity index (χ2v) is 9.18. The van der Waals surface area contributed by atoms with Gasteiger partial charge < -0.3 is 5.11 Å². The zero-order chi connectivity index (χ0) is 18.2.